The molecule has 0 saturated carbocycles. The molecule has 2 aromatic heterocycles. The SMILES string of the molecule is CC(=O)NCCc1nnc2ccccn12. The van der Waals surface area contributed by atoms with E-state index >= 15 is 0 Å². The highest BCUT2D eigenvalue weighted by Gasteiger charge is 2.03. The summed E-state index contributed by atoms with van der Waals surface area (Å²) in [6.07, 6.45) is 2.60. The minimum atomic E-state index is -0.0242. The summed E-state index contributed by atoms with van der Waals surface area (Å²) in [5.41, 5.74) is 0.829. The molecular formula is C10H12N4O. The van der Waals surface area contributed by atoms with E-state index in [-0.39, 0.29) is 5.91 Å². The van der Waals surface area contributed by atoms with Crippen LogP contribution in [0.3, 0.4) is 0 Å². The fraction of sp³-hybridized carbons (Fsp3) is 0.300. The Labute approximate surface area is 87.1 Å². The number of amides is 1. The van der Waals surface area contributed by atoms with Gasteiger partial charge in [-0.1, -0.05) is 6.07 Å². The lowest BCUT2D eigenvalue weighted by Crippen LogP contribution is -2.23. The molecule has 0 aliphatic rings. The van der Waals surface area contributed by atoms with Crippen LogP contribution < -0.4 is 5.32 Å². The van der Waals surface area contributed by atoms with Gasteiger partial charge in [0.2, 0.25) is 5.91 Å². The molecule has 0 aliphatic carbocycles. The molecule has 0 atom stereocenters. The largest absolute Gasteiger partial charge is 0.356 e. The number of pyridine rings is 1. The molecule has 0 aromatic carbocycles. The smallest absolute Gasteiger partial charge is 0.216 e. The highest BCUT2D eigenvalue weighted by Crippen LogP contribution is 2.02. The van der Waals surface area contributed by atoms with Crippen LogP contribution in [0.5, 0.6) is 0 Å². The van der Waals surface area contributed by atoms with E-state index in [4.69, 9.17) is 0 Å². The van der Waals surface area contributed by atoms with Gasteiger partial charge in [0.25, 0.3) is 0 Å². The summed E-state index contributed by atoms with van der Waals surface area (Å²) in [6, 6.07) is 5.74. The standard InChI is InChI=1S/C10H12N4O/c1-8(15)11-6-5-10-13-12-9-4-2-3-7-14(9)10/h2-4,7H,5-6H2,1H3,(H,11,15). The summed E-state index contributed by atoms with van der Waals surface area (Å²) in [7, 11) is 0. The van der Waals surface area contributed by atoms with Crippen molar-refractivity contribution in [2.24, 2.45) is 0 Å². The van der Waals surface area contributed by atoms with Crippen LogP contribution in [0, 0.1) is 0 Å². The molecule has 0 saturated heterocycles. The van der Waals surface area contributed by atoms with Crippen LogP contribution in [0.4, 0.5) is 0 Å². The number of hydrogen-bond acceptors (Lipinski definition) is 3. The van der Waals surface area contributed by atoms with Crippen LogP contribution in [0.1, 0.15) is 12.7 Å². The average Bonchev–Trinajstić information content (AvgIpc) is 2.62. The molecule has 1 amide bonds. The van der Waals surface area contributed by atoms with Crippen molar-refractivity contribution in [3.05, 3.63) is 30.2 Å². The average molecular weight is 204 g/mol. The number of fused-ring (bicyclic) bond motifs is 1. The van der Waals surface area contributed by atoms with Gasteiger partial charge in [0.1, 0.15) is 5.82 Å². The van der Waals surface area contributed by atoms with Gasteiger partial charge in [0, 0.05) is 26.1 Å². The molecule has 5 heteroatoms. The van der Waals surface area contributed by atoms with Crippen molar-refractivity contribution in [1.29, 1.82) is 0 Å². The van der Waals surface area contributed by atoms with Crippen molar-refractivity contribution in [1.82, 2.24) is 19.9 Å². The van der Waals surface area contributed by atoms with Crippen LogP contribution in [0.25, 0.3) is 5.65 Å². The molecule has 0 spiro atoms. The maximum Gasteiger partial charge on any atom is 0.216 e. The molecule has 0 aliphatic heterocycles. The van der Waals surface area contributed by atoms with Gasteiger partial charge in [-0.15, -0.1) is 10.2 Å². The molecule has 0 unspecified atom stereocenters. The van der Waals surface area contributed by atoms with Gasteiger partial charge in [0.15, 0.2) is 5.65 Å². The van der Waals surface area contributed by atoms with E-state index < -0.39 is 0 Å². The molecule has 2 heterocycles. The van der Waals surface area contributed by atoms with E-state index in [2.05, 4.69) is 15.5 Å². The van der Waals surface area contributed by atoms with Crippen molar-refractivity contribution in [2.45, 2.75) is 13.3 Å². The first kappa shape index (κ1) is 9.64. The zero-order valence-electron chi connectivity index (χ0n) is 8.47. The topological polar surface area (TPSA) is 59.3 Å². The molecule has 2 aromatic rings. The zero-order valence-corrected chi connectivity index (χ0v) is 8.47. The van der Waals surface area contributed by atoms with Crippen LogP contribution >= 0.6 is 0 Å². The number of nitrogens with zero attached hydrogens (tertiary/aromatic N) is 3. The van der Waals surface area contributed by atoms with E-state index in [1.54, 1.807) is 0 Å². The minimum Gasteiger partial charge on any atom is -0.356 e. The Morgan fingerprint density at radius 1 is 1.47 bits per heavy atom. The molecule has 5 nitrogen and oxygen atoms in total. The summed E-state index contributed by atoms with van der Waals surface area (Å²) < 4.78 is 1.92. The normalized spacial score (nSPS) is 10.5. The van der Waals surface area contributed by atoms with Crippen LogP contribution in [-0.2, 0) is 11.2 Å². The lowest BCUT2D eigenvalue weighted by Gasteiger charge is -2.00. The first-order chi connectivity index (χ1) is 7.27. The highest BCUT2D eigenvalue weighted by atomic mass is 16.1. The maximum absolute atomic E-state index is 10.7. The van der Waals surface area contributed by atoms with Gasteiger partial charge in [-0.3, -0.25) is 9.20 Å². The van der Waals surface area contributed by atoms with Gasteiger partial charge in [-0.25, -0.2) is 0 Å². The summed E-state index contributed by atoms with van der Waals surface area (Å²) in [6.45, 7) is 2.09. The van der Waals surface area contributed by atoms with E-state index in [1.165, 1.54) is 6.92 Å². The molecule has 0 bridgehead atoms. The second-order valence-electron chi connectivity index (χ2n) is 3.28. The first-order valence-electron chi connectivity index (χ1n) is 4.80. The molecule has 1 N–H and O–H groups in total. The van der Waals surface area contributed by atoms with Crippen molar-refractivity contribution >= 4 is 11.6 Å². The number of carbonyl (C=O) groups excluding carboxylic acids is 1. The molecular weight excluding hydrogens is 192 g/mol. The lowest BCUT2D eigenvalue weighted by atomic mass is 10.4. The second kappa shape index (κ2) is 4.08. The number of carbonyl (C=O) groups is 1. The number of rotatable bonds is 3. The minimum absolute atomic E-state index is 0.0242. The molecule has 2 rings (SSSR count). The Morgan fingerprint density at radius 2 is 2.33 bits per heavy atom. The van der Waals surface area contributed by atoms with E-state index in [1.807, 2.05) is 28.8 Å². The summed E-state index contributed by atoms with van der Waals surface area (Å²) >= 11 is 0. The van der Waals surface area contributed by atoms with E-state index in [9.17, 15) is 4.79 Å². The van der Waals surface area contributed by atoms with Crippen molar-refractivity contribution in [3.8, 4) is 0 Å². The third-order valence-electron chi connectivity index (χ3n) is 2.11. The van der Waals surface area contributed by atoms with Gasteiger partial charge in [0.05, 0.1) is 0 Å². The monoisotopic (exact) mass is 204 g/mol. The Kier molecular flexibility index (Phi) is 2.62. The molecule has 0 fully saturated rings. The van der Waals surface area contributed by atoms with Crippen molar-refractivity contribution < 1.29 is 4.79 Å². The molecule has 0 radical (unpaired) electrons. The lowest BCUT2D eigenvalue weighted by molar-refractivity contribution is -0.118. The number of aromatic nitrogens is 3. The number of hydrogen-bond donors (Lipinski definition) is 1. The van der Waals surface area contributed by atoms with Gasteiger partial charge >= 0.3 is 0 Å². The predicted octanol–water partition coefficient (Wildman–Crippen LogP) is 0.408. The second-order valence-corrected chi connectivity index (χ2v) is 3.28. The predicted molar refractivity (Wildman–Crippen MR) is 55.4 cm³/mol. The quantitative estimate of drug-likeness (QED) is 0.787. The molecule has 78 valence electrons. The Hall–Kier alpha value is -1.91. The number of nitrogens with one attached hydrogen (secondary N) is 1. The summed E-state index contributed by atoms with van der Waals surface area (Å²) in [4.78, 5) is 10.7. The summed E-state index contributed by atoms with van der Waals surface area (Å²) in [5.74, 6) is 0.836. The summed E-state index contributed by atoms with van der Waals surface area (Å²) in [5, 5.41) is 10.8. The first-order valence-corrected chi connectivity index (χ1v) is 4.80. The van der Waals surface area contributed by atoms with Crippen LogP contribution in [-0.4, -0.2) is 27.0 Å². The van der Waals surface area contributed by atoms with Crippen LogP contribution in [0.2, 0.25) is 0 Å². The van der Waals surface area contributed by atoms with Gasteiger partial charge < -0.3 is 5.32 Å². The maximum atomic E-state index is 10.7. The van der Waals surface area contributed by atoms with E-state index in [0.29, 0.717) is 13.0 Å². The molecule has 15 heavy (non-hydrogen) atoms. The van der Waals surface area contributed by atoms with E-state index in [0.717, 1.165) is 11.5 Å². The zero-order chi connectivity index (χ0) is 10.7. The van der Waals surface area contributed by atoms with Gasteiger partial charge in [-0.05, 0) is 12.1 Å². The van der Waals surface area contributed by atoms with Gasteiger partial charge in [-0.2, -0.15) is 0 Å². The third-order valence-corrected chi connectivity index (χ3v) is 2.11. The van der Waals surface area contributed by atoms with Crippen molar-refractivity contribution in [3.63, 3.8) is 0 Å². The Morgan fingerprint density at radius 3 is 3.13 bits per heavy atom. The van der Waals surface area contributed by atoms with Crippen LogP contribution in [0.15, 0.2) is 24.4 Å². The van der Waals surface area contributed by atoms with Crippen molar-refractivity contribution in [2.75, 3.05) is 6.54 Å². The third kappa shape index (κ3) is 2.12. The fourth-order valence-corrected chi connectivity index (χ4v) is 1.41. The fourth-order valence-electron chi connectivity index (χ4n) is 1.41. The highest BCUT2D eigenvalue weighted by molar-refractivity contribution is 5.72. The Balaban J connectivity index is 2.11. The Bertz CT molecular complexity index is 477.